The maximum absolute atomic E-state index is 10.5. The molecule has 0 aromatic rings. The van der Waals surface area contributed by atoms with Crippen LogP contribution < -0.4 is 0 Å². The molecule has 0 amide bonds. The molecule has 0 aliphatic heterocycles. The Labute approximate surface area is 87.3 Å². The van der Waals surface area contributed by atoms with E-state index in [1.807, 2.05) is 0 Å². The molecule has 0 bridgehead atoms. The molecule has 1 rings (SSSR count). The predicted molar refractivity (Wildman–Crippen MR) is 58.0 cm³/mol. The van der Waals surface area contributed by atoms with Gasteiger partial charge in [-0.05, 0) is 37.0 Å². The van der Waals surface area contributed by atoms with Crippen molar-refractivity contribution in [2.45, 2.75) is 52.1 Å². The van der Waals surface area contributed by atoms with Gasteiger partial charge in [0.1, 0.15) is 0 Å². The summed E-state index contributed by atoms with van der Waals surface area (Å²) in [5.41, 5.74) is -0.611. The van der Waals surface area contributed by atoms with Crippen molar-refractivity contribution in [2.24, 2.45) is 17.8 Å². The molecule has 2 N–H and O–H groups in total. The fraction of sp³-hybridized carbons (Fsp3) is 1.00. The molecule has 1 fully saturated rings. The third-order valence-corrected chi connectivity index (χ3v) is 3.71. The van der Waals surface area contributed by atoms with Crippen LogP contribution in [0.4, 0.5) is 0 Å². The minimum Gasteiger partial charge on any atom is -0.396 e. The Morgan fingerprint density at radius 1 is 1.36 bits per heavy atom. The average molecular weight is 200 g/mol. The number of aliphatic hydroxyl groups is 2. The molecule has 0 saturated heterocycles. The third kappa shape index (κ3) is 2.48. The lowest BCUT2D eigenvalue weighted by Crippen LogP contribution is -2.46. The van der Waals surface area contributed by atoms with Crippen molar-refractivity contribution >= 4 is 0 Å². The number of rotatable bonds is 3. The lowest BCUT2D eigenvalue weighted by Gasteiger charge is -2.44. The van der Waals surface area contributed by atoms with Crippen LogP contribution >= 0.6 is 0 Å². The summed E-state index contributed by atoms with van der Waals surface area (Å²) in [4.78, 5) is 0. The summed E-state index contributed by atoms with van der Waals surface area (Å²) in [5, 5.41) is 19.5. The minimum atomic E-state index is -0.611. The molecule has 1 aliphatic carbocycles. The van der Waals surface area contributed by atoms with Crippen molar-refractivity contribution < 1.29 is 10.2 Å². The largest absolute Gasteiger partial charge is 0.396 e. The van der Waals surface area contributed by atoms with E-state index in [1.54, 1.807) is 0 Å². The van der Waals surface area contributed by atoms with Gasteiger partial charge in [0.05, 0.1) is 5.60 Å². The van der Waals surface area contributed by atoms with Crippen molar-refractivity contribution in [3.8, 4) is 0 Å². The van der Waals surface area contributed by atoms with Crippen molar-refractivity contribution in [1.82, 2.24) is 0 Å². The van der Waals surface area contributed by atoms with Crippen molar-refractivity contribution in [3.63, 3.8) is 0 Å². The highest BCUT2D eigenvalue weighted by Crippen LogP contribution is 2.42. The zero-order chi connectivity index (χ0) is 10.8. The second-order valence-corrected chi connectivity index (χ2v) is 5.31. The summed E-state index contributed by atoms with van der Waals surface area (Å²) in [5.74, 6) is 1.48. The highest BCUT2D eigenvalue weighted by Gasteiger charge is 2.41. The van der Waals surface area contributed by atoms with Gasteiger partial charge in [-0.2, -0.15) is 0 Å². The molecule has 0 unspecified atom stereocenters. The van der Waals surface area contributed by atoms with Gasteiger partial charge in [-0.15, -0.1) is 0 Å². The van der Waals surface area contributed by atoms with Crippen LogP contribution in [0.3, 0.4) is 0 Å². The van der Waals surface area contributed by atoms with Gasteiger partial charge in [0.25, 0.3) is 0 Å². The fourth-order valence-corrected chi connectivity index (χ4v) is 3.02. The maximum Gasteiger partial charge on any atom is 0.0702 e. The molecule has 2 nitrogen and oxygen atoms in total. The normalized spacial score (nSPS) is 39.0. The average Bonchev–Trinajstić information content (AvgIpc) is 2.02. The van der Waals surface area contributed by atoms with Crippen LogP contribution in [-0.4, -0.2) is 22.4 Å². The van der Waals surface area contributed by atoms with Gasteiger partial charge in [0.15, 0.2) is 0 Å². The van der Waals surface area contributed by atoms with E-state index in [-0.39, 0.29) is 6.61 Å². The second kappa shape index (κ2) is 4.63. The van der Waals surface area contributed by atoms with Crippen LogP contribution in [0.2, 0.25) is 0 Å². The molecule has 84 valence electrons. The molecule has 0 spiro atoms. The van der Waals surface area contributed by atoms with Gasteiger partial charge in [0, 0.05) is 6.61 Å². The molecule has 0 radical (unpaired) electrons. The lowest BCUT2D eigenvalue weighted by molar-refractivity contribution is -0.0929. The first-order chi connectivity index (χ1) is 6.49. The predicted octanol–water partition coefficient (Wildman–Crippen LogP) is 2.19. The van der Waals surface area contributed by atoms with Crippen molar-refractivity contribution in [1.29, 1.82) is 0 Å². The van der Waals surface area contributed by atoms with Crippen molar-refractivity contribution in [3.05, 3.63) is 0 Å². The third-order valence-electron chi connectivity index (χ3n) is 3.71. The van der Waals surface area contributed by atoms with Crippen LogP contribution in [0.5, 0.6) is 0 Å². The Bertz CT molecular complexity index is 179. The second-order valence-electron chi connectivity index (χ2n) is 5.31. The molecular formula is C12H24O2. The zero-order valence-electron chi connectivity index (χ0n) is 9.66. The quantitative estimate of drug-likeness (QED) is 0.733. The Morgan fingerprint density at radius 2 is 2.00 bits per heavy atom. The van der Waals surface area contributed by atoms with Gasteiger partial charge in [0.2, 0.25) is 0 Å². The Balaban J connectivity index is 2.72. The van der Waals surface area contributed by atoms with Crippen LogP contribution in [0.15, 0.2) is 0 Å². The van der Waals surface area contributed by atoms with E-state index in [0.717, 1.165) is 12.8 Å². The van der Waals surface area contributed by atoms with E-state index in [2.05, 4.69) is 20.8 Å². The van der Waals surface area contributed by atoms with E-state index in [4.69, 9.17) is 5.11 Å². The fourth-order valence-electron chi connectivity index (χ4n) is 3.02. The summed E-state index contributed by atoms with van der Waals surface area (Å²) in [6.07, 6.45) is 3.72. The number of hydrogen-bond acceptors (Lipinski definition) is 2. The Kier molecular flexibility index (Phi) is 3.96. The maximum atomic E-state index is 10.5. The van der Waals surface area contributed by atoms with E-state index in [9.17, 15) is 5.11 Å². The smallest absolute Gasteiger partial charge is 0.0702 e. The molecule has 1 aliphatic rings. The topological polar surface area (TPSA) is 40.5 Å². The summed E-state index contributed by atoms with van der Waals surface area (Å²) in [7, 11) is 0. The minimum absolute atomic E-state index is 0.104. The van der Waals surface area contributed by atoms with Crippen LogP contribution in [0.25, 0.3) is 0 Å². The first-order valence-corrected chi connectivity index (χ1v) is 5.83. The first kappa shape index (κ1) is 12.0. The molecule has 1 saturated carbocycles. The van der Waals surface area contributed by atoms with E-state index in [1.165, 1.54) is 6.42 Å². The molecular weight excluding hydrogens is 176 g/mol. The van der Waals surface area contributed by atoms with E-state index >= 15 is 0 Å². The summed E-state index contributed by atoms with van der Waals surface area (Å²) in [6, 6.07) is 0. The lowest BCUT2D eigenvalue weighted by atomic mass is 9.66. The monoisotopic (exact) mass is 200 g/mol. The Morgan fingerprint density at radius 3 is 2.50 bits per heavy atom. The molecule has 14 heavy (non-hydrogen) atoms. The zero-order valence-corrected chi connectivity index (χ0v) is 9.66. The summed E-state index contributed by atoms with van der Waals surface area (Å²) >= 11 is 0. The van der Waals surface area contributed by atoms with Gasteiger partial charge >= 0.3 is 0 Å². The van der Waals surface area contributed by atoms with E-state index in [0.29, 0.717) is 24.2 Å². The van der Waals surface area contributed by atoms with Gasteiger partial charge in [-0.25, -0.2) is 0 Å². The molecule has 0 heterocycles. The van der Waals surface area contributed by atoms with Gasteiger partial charge in [-0.1, -0.05) is 27.2 Å². The van der Waals surface area contributed by atoms with Crippen LogP contribution in [-0.2, 0) is 0 Å². The standard InChI is InChI=1S/C12H24O2/c1-9(2)11-5-4-10(3)8-12(11,14)6-7-13/h9-11,13-14H,4-8H2,1-3H3/t10-,11-,12+/m0/s1. The van der Waals surface area contributed by atoms with Gasteiger partial charge in [-0.3, -0.25) is 0 Å². The number of aliphatic hydroxyl groups excluding tert-OH is 1. The SMILES string of the molecule is CC(C)[C@@H]1CC[C@H](C)C[C@]1(O)CCO. The summed E-state index contributed by atoms with van der Waals surface area (Å²) in [6.45, 7) is 6.64. The first-order valence-electron chi connectivity index (χ1n) is 5.83. The van der Waals surface area contributed by atoms with Gasteiger partial charge < -0.3 is 10.2 Å². The molecule has 2 heteroatoms. The Hall–Kier alpha value is -0.0800. The molecule has 0 aromatic heterocycles. The highest BCUT2D eigenvalue weighted by molar-refractivity contribution is 4.93. The molecule has 3 atom stereocenters. The van der Waals surface area contributed by atoms with Crippen molar-refractivity contribution in [2.75, 3.05) is 6.61 Å². The van der Waals surface area contributed by atoms with E-state index < -0.39 is 5.60 Å². The molecule has 0 aromatic carbocycles. The number of hydrogen-bond donors (Lipinski definition) is 2. The van der Waals surface area contributed by atoms with Crippen LogP contribution in [0.1, 0.15) is 46.5 Å². The van der Waals surface area contributed by atoms with Crippen LogP contribution in [0, 0.1) is 17.8 Å². The highest BCUT2D eigenvalue weighted by atomic mass is 16.3. The summed E-state index contributed by atoms with van der Waals surface area (Å²) < 4.78 is 0.